The van der Waals surface area contributed by atoms with Gasteiger partial charge in [0.25, 0.3) is 0 Å². The van der Waals surface area contributed by atoms with Crippen LogP contribution >= 0.6 is 0 Å². The topological polar surface area (TPSA) is 92.3 Å². The first-order valence-electron chi connectivity index (χ1n) is 10.6. The summed E-state index contributed by atoms with van der Waals surface area (Å²) in [6, 6.07) is 13.5. The van der Waals surface area contributed by atoms with E-state index in [0.29, 0.717) is 30.3 Å². The van der Waals surface area contributed by atoms with E-state index < -0.39 is 5.97 Å². The van der Waals surface area contributed by atoms with E-state index >= 15 is 0 Å². The number of fused-ring (bicyclic) bond motifs is 2. The third-order valence-corrected chi connectivity index (χ3v) is 5.71. The molecular formula is C23H21N5O4. The van der Waals surface area contributed by atoms with Crippen LogP contribution in [0, 0.1) is 0 Å². The number of ether oxygens (including phenoxy) is 3. The van der Waals surface area contributed by atoms with Crippen LogP contribution in [0.25, 0.3) is 11.0 Å². The zero-order chi connectivity index (χ0) is 21.5. The summed E-state index contributed by atoms with van der Waals surface area (Å²) in [5, 5.41) is 0. The second-order valence-corrected chi connectivity index (χ2v) is 7.75. The standard InChI is InChI=1S/C23H21N5O4/c29-22-18(24-21(32-22)15-4-3-7-19-20(15)31-13-12-30-19)14-27-8-10-28(11-9-27)23-25-16-5-1-2-6-17(16)26-23/h1-7,14H,8-13H2,(H,25,26)/b18-14+. The van der Waals surface area contributed by atoms with Gasteiger partial charge in [-0.15, -0.1) is 0 Å². The van der Waals surface area contributed by atoms with E-state index in [1.54, 1.807) is 6.20 Å². The number of aliphatic imine (C=N–C) groups is 1. The molecule has 0 saturated carbocycles. The van der Waals surface area contributed by atoms with Crippen molar-refractivity contribution in [2.24, 2.45) is 4.99 Å². The fraction of sp³-hybridized carbons (Fsp3) is 0.261. The predicted molar refractivity (Wildman–Crippen MR) is 118 cm³/mol. The summed E-state index contributed by atoms with van der Waals surface area (Å²) >= 11 is 0. The summed E-state index contributed by atoms with van der Waals surface area (Å²) in [5.41, 5.74) is 2.89. The van der Waals surface area contributed by atoms with E-state index in [4.69, 9.17) is 14.2 Å². The lowest BCUT2D eigenvalue weighted by Crippen LogP contribution is -2.44. The van der Waals surface area contributed by atoms with Crippen molar-refractivity contribution in [3.63, 3.8) is 0 Å². The molecule has 0 bridgehead atoms. The van der Waals surface area contributed by atoms with Crippen LogP contribution in [0.3, 0.4) is 0 Å². The maximum Gasteiger partial charge on any atom is 0.365 e. The Morgan fingerprint density at radius 3 is 2.69 bits per heavy atom. The Balaban J connectivity index is 1.17. The van der Waals surface area contributed by atoms with E-state index in [1.165, 1.54) is 0 Å². The van der Waals surface area contributed by atoms with E-state index in [0.717, 1.165) is 43.2 Å². The molecule has 9 nitrogen and oxygen atoms in total. The quantitative estimate of drug-likeness (QED) is 0.503. The van der Waals surface area contributed by atoms with Gasteiger partial charge in [-0.3, -0.25) is 0 Å². The normalized spacial score (nSPS) is 19.4. The summed E-state index contributed by atoms with van der Waals surface area (Å²) in [4.78, 5) is 29.2. The van der Waals surface area contributed by atoms with Gasteiger partial charge in [0.15, 0.2) is 17.2 Å². The van der Waals surface area contributed by atoms with E-state index in [2.05, 4.69) is 24.8 Å². The number of H-pyrrole nitrogens is 1. The van der Waals surface area contributed by atoms with Crippen molar-refractivity contribution in [2.75, 3.05) is 44.3 Å². The maximum absolute atomic E-state index is 12.5. The molecular weight excluding hydrogens is 410 g/mol. The molecule has 1 N–H and O–H groups in total. The minimum Gasteiger partial charge on any atom is -0.486 e. The number of para-hydroxylation sites is 3. The number of imidazole rings is 1. The van der Waals surface area contributed by atoms with Crippen molar-refractivity contribution in [1.29, 1.82) is 0 Å². The number of piperazine rings is 1. The molecule has 162 valence electrons. The third-order valence-electron chi connectivity index (χ3n) is 5.71. The van der Waals surface area contributed by atoms with Gasteiger partial charge in [0.05, 0.1) is 16.6 Å². The molecule has 6 rings (SSSR count). The average Bonchev–Trinajstić information content (AvgIpc) is 3.43. The fourth-order valence-electron chi connectivity index (χ4n) is 4.08. The van der Waals surface area contributed by atoms with Crippen molar-refractivity contribution in [3.05, 3.63) is 59.9 Å². The molecule has 0 amide bonds. The summed E-state index contributed by atoms with van der Waals surface area (Å²) in [7, 11) is 0. The van der Waals surface area contributed by atoms with Crippen molar-refractivity contribution in [1.82, 2.24) is 14.9 Å². The molecule has 3 aliphatic heterocycles. The van der Waals surface area contributed by atoms with E-state index in [1.807, 2.05) is 42.5 Å². The Bertz CT molecular complexity index is 1220. The first-order chi connectivity index (χ1) is 15.7. The molecule has 0 spiro atoms. The smallest absolute Gasteiger partial charge is 0.365 e. The number of esters is 1. The number of anilines is 1. The highest BCUT2D eigenvalue weighted by Gasteiger charge is 2.30. The van der Waals surface area contributed by atoms with Crippen LogP contribution in [0.15, 0.2) is 59.4 Å². The molecule has 0 aliphatic carbocycles. The van der Waals surface area contributed by atoms with Crippen molar-refractivity contribution in [2.45, 2.75) is 0 Å². The number of hydrogen-bond donors (Lipinski definition) is 1. The number of carbonyl (C=O) groups is 1. The number of benzene rings is 2. The molecule has 0 unspecified atom stereocenters. The van der Waals surface area contributed by atoms with Crippen molar-refractivity contribution < 1.29 is 19.0 Å². The lowest BCUT2D eigenvalue weighted by atomic mass is 10.1. The summed E-state index contributed by atoms with van der Waals surface area (Å²) in [6.07, 6.45) is 1.78. The fourth-order valence-corrected chi connectivity index (χ4v) is 4.08. The maximum atomic E-state index is 12.5. The number of hydrogen-bond acceptors (Lipinski definition) is 8. The SMILES string of the molecule is O=C1OC(c2cccc3c2OCCO3)=N/C1=C/N1CCN(c2nc3ccccc3[nH]2)CC1. The molecule has 2 aromatic carbocycles. The second-order valence-electron chi connectivity index (χ2n) is 7.75. The van der Waals surface area contributed by atoms with Gasteiger partial charge in [0.2, 0.25) is 11.8 Å². The van der Waals surface area contributed by atoms with Crippen LogP contribution in [0.4, 0.5) is 5.95 Å². The van der Waals surface area contributed by atoms with Crippen LogP contribution < -0.4 is 14.4 Å². The van der Waals surface area contributed by atoms with Gasteiger partial charge in [-0.05, 0) is 24.3 Å². The molecule has 3 aliphatic rings. The third kappa shape index (κ3) is 3.31. The summed E-state index contributed by atoms with van der Waals surface area (Å²) in [5.74, 6) is 1.84. The molecule has 4 heterocycles. The Labute approximate surface area is 183 Å². The van der Waals surface area contributed by atoms with Gasteiger partial charge in [-0.1, -0.05) is 18.2 Å². The molecule has 3 aromatic rings. The van der Waals surface area contributed by atoms with Crippen molar-refractivity contribution in [3.8, 4) is 11.5 Å². The first kappa shape index (κ1) is 18.7. The minimum atomic E-state index is -0.464. The monoisotopic (exact) mass is 431 g/mol. The van der Waals surface area contributed by atoms with Crippen LogP contribution in [0.5, 0.6) is 11.5 Å². The number of aromatic nitrogens is 2. The average molecular weight is 431 g/mol. The van der Waals surface area contributed by atoms with Crippen molar-refractivity contribution >= 4 is 28.8 Å². The lowest BCUT2D eigenvalue weighted by molar-refractivity contribution is -0.130. The highest BCUT2D eigenvalue weighted by Crippen LogP contribution is 2.35. The Morgan fingerprint density at radius 1 is 0.969 bits per heavy atom. The van der Waals surface area contributed by atoms with Gasteiger partial charge in [-0.25, -0.2) is 14.8 Å². The highest BCUT2D eigenvalue weighted by atomic mass is 16.6. The Hall–Kier alpha value is -4.01. The van der Waals surface area contributed by atoms with Crippen LogP contribution in [-0.4, -0.2) is 66.1 Å². The number of cyclic esters (lactones) is 1. The summed E-state index contributed by atoms with van der Waals surface area (Å²) in [6.45, 7) is 4.00. The Kier molecular flexibility index (Phi) is 4.45. The number of nitrogens with zero attached hydrogens (tertiary/aromatic N) is 4. The van der Waals surface area contributed by atoms with Crippen LogP contribution in [0.2, 0.25) is 0 Å². The number of rotatable bonds is 3. The minimum absolute atomic E-state index is 0.240. The highest BCUT2D eigenvalue weighted by molar-refractivity contribution is 6.12. The molecule has 32 heavy (non-hydrogen) atoms. The molecule has 1 saturated heterocycles. The van der Waals surface area contributed by atoms with Gasteiger partial charge in [-0.2, -0.15) is 0 Å². The molecule has 1 aromatic heterocycles. The zero-order valence-corrected chi connectivity index (χ0v) is 17.3. The second kappa shape index (κ2) is 7.60. The summed E-state index contributed by atoms with van der Waals surface area (Å²) < 4.78 is 16.8. The molecule has 9 heteroatoms. The Morgan fingerprint density at radius 2 is 1.81 bits per heavy atom. The number of aromatic amines is 1. The predicted octanol–water partition coefficient (Wildman–Crippen LogP) is 2.30. The van der Waals surface area contributed by atoms with E-state index in [-0.39, 0.29) is 11.6 Å². The van der Waals surface area contributed by atoms with Gasteiger partial charge >= 0.3 is 5.97 Å². The van der Waals surface area contributed by atoms with E-state index in [9.17, 15) is 4.79 Å². The molecule has 1 fully saturated rings. The van der Waals surface area contributed by atoms with Crippen LogP contribution in [0.1, 0.15) is 5.56 Å². The van der Waals surface area contributed by atoms with Gasteiger partial charge in [0.1, 0.15) is 13.2 Å². The van der Waals surface area contributed by atoms with Crippen LogP contribution in [-0.2, 0) is 9.53 Å². The largest absolute Gasteiger partial charge is 0.486 e. The lowest BCUT2D eigenvalue weighted by Gasteiger charge is -2.33. The number of carbonyl (C=O) groups excluding carboxylic acids is 1. The molecule has 0 atom stereocenters. The first-order valence-corrected chi connectivity index (χ1v) is 10.6. The molecule has 0 radical (unpaired) electrons. The number of nitrogens with one attached hydrogen (secondary N) is 1. The van der Waals surface area contributed by atoms with Gasteiger partial charge < -0.3 is 29.0 Å². The zero-order valence-electron chi connectivity index (χ0n) is 17.3. The van der Waals surface area contributed by atoms with Gasteiger partial charge in [0, 0.05) is 32.4 Å².